The van der Waals surface area contributed by atoms with Crippen molar-refractivity contribution in [1.82, 2.24) is 15.0 Å². The number of hydrogen-bond acceptors (Lipinski definition) is 5. The molecule has 1 aromatic carbocycles. The number of ether oxygens (including phenoxy) is 1. The summed E-state index contributed by atoms with van der Waals surface area (Å²) in [6, 6.07) is 10.6. The van der Waals surface area contributed by atoms with Crippen LogP contribution in [-0.4, -0.2) is 31.9 Å². The maximum atomic E-state index is 12.3. The lowest BCUT2D eigenvalue weighted by Crippen LogP contribution is -2.18. The van der Waals surface area contributed by atoms with Gasteiger partial charge in [0.15, 0.2) is 0 Å². The van der Waals surface area contributed by atoms with Crippen LogP contribution in [0.15, 0.2) is 55.0 Å². The van der Waals surface area contributed by atoms with Gasteiger partial charge in [-0.3, -0.25) is 9.78 Å². The largest absolute Gasteiger partial charge is 0.437 e. The van der Waals surface area contributed by atoms with E-state index in [1.54, 1.807) is 55.0 Å². The molecule has 1 saturated carbocycles. The van der Waals surface area contributed by atoms with Crippen LogP contribution in [0.4, 0.5) is 0 Å². The summed E-state index contributed by atoms with van der Waals surface area (Å²) in [7, 11) is 0. The molecule has 4 rings (SSSR count). The zero-order valence-corrected chi connectivity index (χ0v) is 14.8. The second-order valence-corrected chi connectivity index (χ2v) is 6.79. The van der Waals surface area contributed by atoms with Gasteiger partial charge in [-0.1, -0.05) is 0 Å². The molecule has 0 atom stereocenters. The van der Waals surface area contributed by atoms with Crippen molar-refractivity contribution in [3.05, 3.63) is 71.9 Å². The van der Waals surface area contributed by atoms with Crippen LogP contribution < -0.4 is 4.74 Å². The van der Waals surface area contributed by atoms with Gasteiger partial charge in [-0.25, -0.2) is 4.98 Å². The maximum absolute atomic E-state index is 12.3. The Morgan fingerprint density at radius 1 is 1.04 bits per heavy atom. The third-order valence-corrected chi connectivity index (χ3v) is 4.95. The Morgan fingerprint density at radius 2 is 1.78 bits per heavy atom. The van der Waals surface area contributed by atoms with Crippen LogP contribution in [0.5, 0.6) is 11.6 Å². The standard InChI is InChI=1S/C21H21N3O3/c25-16-7-3-14(4-8-16)19-21(24-13-12-23-19)27-17-9-5-15(6-10-17)20(26)18-2-1-11-22-18/h1-2,5-6,9-14,16,22,25H,3-4,7-8H2. The molecule has 3 aromatic rings. The number of carbonyl (C=O) groups is 1. The monoisotopic (exact) mass is 363 g/mol. The van der Waals surface area contributed by atoms with Crippen LogP contribution in [0.1, 0.15) is 53.3 Å². The van der Waals surface area contributed by atoms with E-state index in [9.17, 15) is 9.90 Å². The van der Waals surface area contributed by atoms with E-state index in [4.69, 9.17) is 4.74 Å². The molecule has 0 spiro atoms. The molecule has 2 N–H and O–H groups in total. The highest BCUT2D eigenvalue weighted by Gasteiger charge is 2.25. The van der Waals surface area contributed by atoms with E-state index in [0.29, 0.717) is 22.9 Å². The number of aromatic amines is 1. The quantitative estimate of drug-likeness (QED) is 0.672. The first-order chi connectivity index (χ1) is 13.2. The maximum Gasteiger partial charge on any atom is 0.241 e. The summed E-state index contributed by atoms with van der Waals surface area (Å²) in [5, 5.41) is 9.72. The number of rotatable bonds is 5. The van der Waals surface area contributed by atoms with Gasteiger partial charge in [0.25, 0.3) is 0 Å². The van der Waals surface area contributed by atoms with E-state index in [1.807, 2.05) is 0 Å². The predicted octanol–water partition coefficient (Wildman–Crippen LogP) is 3.85. The second-order valence-electron chi connectivity index (χ2n) is 6.79. The summed E-state index contributed by atoms with van der Waals surface area (Å²) in [6.07, 6.45) is 8.09. The molecule has 138 valence electrons. The fraction of sp³-hybridized carbons (Fsp3) is 0.286. The van der Waals surface area contributed by atoms with Gasteiger partial charge < -0.3 is 14.8 Å². The number of nitrogens with one attached hydrogen (secondary N) is 1. The number of nitrogens with zero attached hydrogens (tertiary/aromatic N) is 2. The smallest absolute Gasteiger partial charge is 0.241 e. The molecule has 1 fully saturated rings. The van der Waals surface area contributed by atoms with Crippen molar-refractivity contribution in [1.29, 1.82) is 0 Å². The molecule has 0 saturated heterocycles. The summed E-state index contributed by atoms with van der Waals surface area (Å²) >= 11 is 0. The molecule has 0 aliphatic heterocycles. The molecule has 6 heteroatoms. The van der Waals surface area contributed by atoms with Crippen molar-refractivity contribution in [2.45, 2.75) is 37.7 Å². The Morgan fingerprint density at radius 3 is 2.48 bits per heavy atom. The van der Waals surface area contributed by atoms with Gasteiger partial charge in [0.1, 0.15) is 11.4 Å². The molecule has 0 bridgehead atoms. The molecule has 0 unspecified atom stereocenters. The zero-order chi connectivity index (χ0) is 18.6. The Balaban J connectivity index is 1.50. The highest BCUT2D eigenvalue weighted by molar-refractivity contribution is 6.07. The van der Waals surface area contributed by atoms with E-state index in [1.165, 1.54) is 0 Å². The Labute approximate surface area is 157 Å². The van der Waals surface area contributed by atoms with Gasteiger partial charge in [0, 0.05) is 30.1 Å². The number of carbonyl (C=O) groups excluding carboxylic acids is 1. The van der Waals surface area contributed by atoms with Gasteiger partial charge in [0.05, 0.1) is 11.8 Å². The van der Waals surface area contributed by atoms with E-state index >= 15 is 0 Å². The summed E-state index contributed by atoms with van der Waals surface area (Å²) in [5.74, 6) is 1.27. The minimum absolute atomic E-state index is 0.0625. The molecule has 1 aliphatic rings. The number of aliphatic hydroxyl groups is 1. The van der Waals surface area contributed by atoms with Crippen molar-refractivity contribution in [2.75, 3.05) is 0 Å². The molecule has 6 nitrogen and oxygen atoms in total. The van der Waals surface area contributed by atoms with Crippen LogP contribution in [0.25, 0.3) is 0 Å². The van der Waals surface area contributed by atoms with Crippen LogP contribution in [0.3, 0.4) is 0 Å². The fourth-order valence-electron chi connectivity index (χ4n) is 3.46. The second kappa shape index (κ2) is 7.72. The molecule has 0 radical (unpaired) electrons. The third-order valence-electron chi connectivity index (χ3n) is 4.95. The van der Waals surface area contributed by atoms with E-state index in [-0.39, 0.29) is 17.8 Å². The Kier molecular flexibility index (Phi) is 4.98. The molecule has 0 amide bonds. The lowest BCUT2D eigenvalue weighted by atomic mass is 9.85. The number of aromatic nitrogens is 3. The summed E-state index contributed by atoms with van der Waals surface area (Å²) in [4.78, 5) is 24.1. The minimum Gasteiger partial charge on any atom is -0.437 e. The summed E-state index contributed by atoms with van der Waals surface area (Å²) < 4.78 is 5.96. The molecule has 1 aliphatic carbocycles. The van der Waals surface area contributed by atoms with Crippen molar-refractivity contribution >= 4 is 5.78 Å². The number of H-pyrrole nitrogens is 1. The van der Waals surface area contributed by atoms with Crippen LogP contribution >= 0.6 is 0 Å². The van der Waals surface area contributed by atoms with E-state index in [2.05, 4.69) is 15.0 Å². The van der Waals surface area contributed by atoms with Crippen LogP contribution in [0.2, 0.25) is 0 Å². The summed E-state index contributed by atoms with van der Waals surface area (Å²) in [6.45, 7) is 0. The van der Waals surface area contributed by atoms with Crippen molar-refractivity contribution in [3.8, 4) is 11.6 Å². The molecule has 2 aromatic heterocycles. The summed E-state index contributed by atoms with van der Waals surface area (Å²) in [5.41, 5.74) is 1.97. The van der Waals surface area contributed by atoms with Gasteiger partial charge >= 0.3 is 0 Å². The van der Waals surface area contributed by atoms with Gasteiger partial charge in [-0.2, -0.15) is 0 Å². The molecule has 27 heavy (non-hydrogen) atoms. The first-order valence-corrected chi connectivity index (χ1v) is 9.15. The molecular weight excluding hydrogens is 342 g/mol. The zero-order valence-electron chi connectivity index (χ0n) is 14.8. The fourth-order valence-corrected chi connectivity index (χ4v) is 3.46. The average molecular weight is 363 g/mol. The van der Waals surface area contributed by atoms with Crippen LogP contribution in [-0.2, 0) is 0 Å². The number of benzene rings is 1. The van der Waals surface area contributed by atoms with Gasteiger partial charge in [0.2, 0.25) is 11.7 Å². The number of ketones is 1. The first kappa shape index (κ1) is 17.4. The lowest BCUT2D eigenvalue weighted by Gasteiger charge is -2.25. The third kappa shape index (κ3) is 3.90. The number of aliphatic hydroxyl groups excluding tert-OH is 1. The average Bonchev–Trinajstić information content (AvgIpc) is 3.24. The highest BCUT2D eigenvalue weighted by Crippen LogP contribution is 2.36. The number of hydrogen-bond donors (Lipinski definition) is 2. The predicted molar refractivity (Wildman–Crippen MR) is 100.0 cm³/mol. The van der Waals surface area contributed by atoms with E-state index < -0.39 is 0 Å². The van der Waals surface area contributed by atoms with Gasteiger partial charge in [-0.15, -0.1) is 0 Å². The Hall–Kier alpha value is -2.99. The lowest BCUT2D eigenvalue weighted by molar-refractivity contribution is 0.103. The molecule has 2 heterocycles. The van der Waals surface area contributed by atoms with Crippen molar-refractivity contribution in [2.24, 2.45) is 0 Å². The van der Waals surface area contributed by atoms with E-state index in [0.717, 1.165) is 31.4 Å². The van der Waals surface area contributed by atoms with Crippen LogP contribution in [0, 0.1) is 0 Å². The van der Waals surface area contributed by atoms with Gasteiger partial charge in [-0.05, 0) is 62.1 Å². The highest BCUT2D eigenvalue weighted by atomic mass is 16.5. The first-order valence-electron chi connectivity index (χ1n) is 9.15. The SMILES string of the molecule is O=C(c1ccc(Oc2nccnc2C2CCC(O)CC2)cc1)c1ccc[nH]1. The minimum atomic E-state index is -0.216. The normalized spacial score (nSPS) is 19.6. The van der Waals surface area contributed by atoms with Crippen molar-refractivity contribution < 1.29 is 14.6 Å². The van der Waals surface area contributed by atoms with Crippen molar-refractivity contribution in [3.63, 3.8) is 0 Å². The molecular formula is C21H21N3O3. The topological polar surface area (TPSA) is 88.1 Å². The Bertz CT molecular complexity index is 899.